The molecule has 10 nitrogen and oxygen atoms in total. The van der Waals surface area contributed by atoms with Crippen LogP contribution in [0.2, 0.25) is 0 Å². The Morgan fingerprint density at radius 3 is 2.46 bits per heavy atom. The van der Waals surface area contributed by atoms with Crippen LogP contribution in [0.3, 0.4) is 0 Å². The predicted octanol–water partition coefficient (Wildman–Crippen LogP) is 2.37. The summed E-state index contributed by atoms with van der Waals surface area (Å²) in [7, 11) is -3.26. The number of rotatable bonds is 7. The Balaban J connectivity index is 1.41. The van der Waals surface area contributed by atoms with Gasteiger partial charge in [-0.2, -0.15) is 4.99 Å². The molecule has 35 heavy (non-hydrogen) atoms. The summed E-state index contributed by atoms with van der Waals surface area (Å²) in [5, 5.41) is 12.0. The first-order valence-corrected chi connectivity index (χ1v) is 12.7. The number of benzene rings is 2. The summed E-state index contributed by atoms with van der Waals surface area (Å²) in [6.45, 7) is 2.08. The highest BCUT2D eigenvalue weighted by atomic mass is 32.2. The molecule has 182 valence electrons. The zero-order valence-corrected chi connectivity index (χ0v) is 19.9. The van der Waals surface area contributed by atoms with E-state index in [0.717, 1.165) is 23.5 Å². The number of carbonyl (C=O) groups is 1. The van der Waals surface area contributed by atoms with E-state index < -0.39 is 15.8 Å². The number of hydrogen-bond acceptors (Lipinski definition) is 7. The Labute approximate surface area is 203 Å². The minimum absolute atomic E-state index is 0.0321. The summed E-state index contributed by atoms with van der Waals surface area (Å²) in [4.78, 5) is 24.0. The molecule has 1 aliphatic rings. The number of nitrogens with zero attached hydrogens (tertiary/aromatic N) is 4. The van der Waals surface area contributed by atoms with E-state index in [0.29, 0.717) is 24.7 Å². The fourth-order valence-electron chi connectivity index (χ4n) is 3.75. The Morgan fingerprint density at radius 2 is 1.80 bits per heavy atom. The van der Waals surface area contributed by atoms with Gasteiger partial charge in [0.15, 0.2) is 21.6 Å². The monoisotopic (exact) mass is 494 g/mol. The van der Waals surface area contributed by atoms with Crippen LogP contribution in [0, 0.1) is 0 Å². The third-order valence-electron chi connectivity index (χ3n) is 5.47. The first-order valence-electron chi connectivity index (χ1n) is 10.9. The number of aromatic nitrogens is 1. The van der Waals surface area contributed by atoms with Crippen molar-refractivity contribution in [1.29, 1.82) is 0 Å². The standard InChI is InChI=1S/C24H26N6O4S/c1-35(33,34)20-11-5-17(6-12-20)21-3-2-4-22(27-21)28-24(25)26-18-7-9-19(10-8-18)30-14-13-29(16-30)15-23(31)32/h2-12H,13-16H2,1H3,(H,31,32)(H3,25,26,27,28). The predicted molar refractivity (Wildman–Crippen MR) is 136 cm³/mol. The number of aliphatic carboxylic acids is 1. The average Bonchev–Trinajstić information content (AvgIpc) is 3.27. The van der Waals surface area contributed by atoms with Crippen molar-refractivity contribution in [3.05, 3.63) is 66.7 Å². The summed E-state index contributed by atoms with van der Waals surface area (Å²) in [5.41, 5.74) is 9.24. The topological polar surface area (TPSA) is 141 Å². The van der Waals surface area contributed by atoms with Gasteiger partial charge in [0, 0.05) is 36.3 Å². The third kappa shape index (κ3) is 6.34. The quantitative estimate of drug-likeness (QED) is 0.333. The lowest BCUT2D eigenvalue weighted by molar-refractivity contribution is -0.138. The molecule has 0 saturated carbocycles. The van der Waals surface area contributed by atoms with Gasteiger partial charge in [-0.1, -0.05) is 18.2 Å². The van der Waals surface area contributed by atoms with Gasteiger partial charge in [0.25, 0.3) is 0 Å². The van der Waals surface area contributed by atoms with Gasteiger partial charge in [-0.3, -0.25) is 9.69 Å². The molecule has 2 aromatic carbocycles. The van der Waals surface area contributed by atoms with E-state index in [2.05, 4.69) is 20.2 Å². The number of aliphatic imine (C=N–C) groups is 1. The molecule has 0 radical (unpaired) electrons. The van der Waals surface area contributed by atoms with Gasteiger partial charge in [0.05, 0.1) is 23.8 Å². The lowest BCUT2D eigenvalue weighted by Crippen LogP contribution is -2.29. The summed E-state index contributed by atoms with van der Waals surface area (Å²) >= 11 is 0. The second kappa shape index (κ2) is 10.1. The van der Waals surface area contributed by atoms with E-state index in [9.17, 15) is 13.2 Å². The van der Waals surface area contributed by atoms with Crippen molar-refractivity contribution >= 4 is 39.0 Å². The smallest absolute Gasteiger partial charge is 0.317 e. The average molecular weight is 495 g/mol. The number of carboxylic acids is 1. The highest BCUT2D eigenvalue weighted by molar-refractivity contribution is 7.90. The number of nitrogens with one attached hydrogen (secondary N) is 1. The van der Waals surface area contributed by atoms with Crippen LogP contribution in [-0.4, -0.2) is 67.9 Å². The van der Waals surface area contributed by atoms with Crippen LogP contribution >= 0.6 is 0 Å². The Kier molecular flexibility index (Phi) is 6.99. The van der Waals surface area contributed by atoms with Gasteiger partial charge >= 0.3 is 5.97 Å². The van der Waals surface area contributed by atoms with Crippen LogP contribution in [0.4, 0.5) is 17.2 Å². The molecule has 1 aromatic heterocycles. The van der Waals surface area contributed by atoms with E-state index in [1.165, 1.54) is 6.26 Å². The molecular formula is C24H26N6O4S. The molecule has 4 rings (SSSR count). The molecule has 0 amide bonds. The molecule has 1 fully saturated rings. The van der Waals surface area contributed by atoms with E-state index >= 15 is 0 Å². The van der Waals surface area contributed by atoms with E-state index in [-0.39, 0.29) is 17.4 Å². The van der Waals surface area contributed by atoms with Crippen molar-refractivity contribution in [2.45, 2.75) is 4.90 Å². The minimum atomic E-state index is -3.26. The van der Waals surface area contributed by atoms with E-state index in [1.807, 2.05) is 35.2 Å². The highest BCUT2D eigenvalue weighted by Crippen LogP contribution is 2.23. The van der Waals surface area contributed by atoms with Crippen molar-refractivity contribution < 1.29 is 18.3 Å². The van der Waals surface area contributed by atoms with Gasteiger partial charge in [-0.25, -0.2) is 13.4 Å². The van der Waals surface area contributed by atoms with Crippen molar-refractivity contribution in [2.75, 3.05) is 42.8 Å². The van der Waals surface area contributed by atoms with Crippen LogP contribution in [0.25, 0.3) is 11.3 Å². The van der Waals surface area contributed by atoms with Crippen LogP contribution in [-0.2, 0) is 14.6 Å². The first kappa shape index (κ1) is 24.2. The second-order valence-electron chi connectivity index (χ2n) is 8.20. The summed E-state index contributed by atoms with van der Waals surface area (Å²) in [6, 6.07) is 19.5. The van der Waals surface area contributed by atoms with Gasteiger partial charge in [-0.15, -0.1) is 0 Å². The zero-order valence-electron chi connectivity index (χ0n) is 19.1. The second-order valence-corrected chi connectivity index (χ2v) is 10.2. The molecule has 11 heteroatoms. The summed E-state index contributed by atoms with van der Waals surface area (Å²) in [6.07, 6.45) is 1.17. The van der Waals surface area contributed by atoms with Crippen molar-refractivity contribution in [3.63, 3.8) is 0 Å². The van der Waals surface area contributed by atoms with Crippen molar-refractivity contribution in [1.82, 2.24) is 9.88 Å². The maximum atomic E-state index is 11.7. The number of nitrogens with two attached hydrogens (primary N) is 1. The number of sulfone groups is 1. The molecule has 1 aliphatic heterocycles. The zero-order chi connectivity index (χ0) is 25.0. The highest BCUT2D eigenvalue weighted by Gasteiger charge is 2.21. The van der Waals surface area contributed by atoms with Crippen LogP contribution in [0.15, 0.2) is 76.6 Å². The number of guanidine groups is 1. The maximum Gasteiger partial charge on any atom is 0.317 e. The first-order chi connectivity index (χ1) is 16.7. The van der Waals surface area contributed by atoms with E-state index in [4.69, 9.17) is 10.8 Å². The molecule has 0 spiro atoms. The SMILES string of the molecule is CS(=O)(=O)c1ccc(-c2cccc(N=C(N)Nc3ccc(N4CCN(CC(=O)O)C4)cc3)n2)cc1. The van der Waals surface area contributed by atoms with Crippen LogP contribution < -0.4 is 16.0 Å². The third-order valence-corrected chi connectivity index (χ3v) is 6.60. The normalized spacial score (nSPS) is 14.8. The van der Waals surface area contributed by atoms with Gasteiger partial charge in [0.1, 0.15) is 0 Å². The molecule has 1 saturated heterocycles. The fraction of sp³-hybridized carbons (Fsp3) is 0.208. The molecule has 0 atom stereocenters. The number of hydrogen-bond donors (Lipinski definition) is 3. The molecule has 4 N–H and O–H groups in total. The molecule has 0 unspecified atom stereocenters. The van der Waals surface area contributed by atoms with Gasteiger partial charge in [0.2, 0.25) is 0 Å². The van der Waals surface area contributed by atoms with Gasteiger partial charge in [-0.05, 0) is 48.5 Å². The minimum Gasteiger partial charge on any atom is -0.480 e. The number of carboxylic acid groups (broad SMARTS) is 1. The maximum absolute atomic E-state index is 11.7. The fourth-order valence-corrected chi connectivity index (χ4v) is 4.38. The molecule has 0 bridgehead atoms. The van der Waals surface area contributed by atoms with Gasteiger partial charge < -0.3 is 21.1 Å². The Hall–Kier alpha value is -3.96. The van der Waals surface area contributed by atoms with Crippen molar-refractivity contribution in [2.24, 2.45) is 10.7 Å². The molecule has 3 aromatic rings. The lowest BCUT2D eigenvalue weighted by atomic mass is 10.1. The van der Waals surface area contributed by atoms with Crippen molar-refractivity contribution in [3.8, 4) is 11.3 Å². The number of anilines is 2. The molecular weight excluding hydrogens is 468 g/mol. The summed E-state index contributed by atoms with van der Waals surface area (Å²) in [5.74, 6) is -0.249. The van der Waals surface area contributed by atoms with E-state index in [1.54, 1.807) is 36.4 Å². The largest absolute Gasteiger partial charge is 0.480 e. The van der Waals surface area contributed by atoms with Crippen LogP contribution in [0.5, 0.6) is 0 Å². The summed E-state index contributed by atoms with van der Waals surface area (Å²) < 4.78 is 23.3. The molecule has 2 heterocycles. The lowest BCUT2D eigenvalue weighted by Gasteiger charge is -2.19. The Bertz CT molecular complexity index is 1340. The Morgan fingerprint density at radius 1 is 1.09 bits per heavy atom. The van der Waals surface area contributed by atoms with Crippen LogP contribution in [0.1, 0.15) is 0 Å². The number of pyridine rings is 1. The molecule has 0 aliphatic carbocycles.